The predicted molar refractivity (Wildman–Crippen MR) is 110 cm³/mol. The molecule has 0 radical (unpaired) electrons. The van der Waals surface area contributed by atoms with Gasteiger partial charge in [0.15, 0.2) is 5.16 Å². The number of aromatic nitrogens is 2. The Morgan fingerprint density at radius 3 is 3.00 bits per heavy atom. The first-order valence-corrected chi connectivity index (χ1v) is 11.0. The molecule has 1 aromatic carbocycles. The van der Waals surface area contributed by atoms with Gasteiger partial charge in [0.25, 0.3) is 5.56 Å². The highest BCUT2D eigenvalue weighted by Crippen LogP contribution is 2.34. The SMILES string of the molecule is Cc1ccccc1OC[C@@H](O)CSc1nc2sc3c(c2c(=O)[nH]1)CCCC3. The van der Waals surface area contributed by atoms with Crippen molar-refractivity contribution in [3.8, 4) is 5.75 Å². The van der Waals surface area contributed by atoms with E-state index in [2.05, 4.69) is 9.97 Å². The molecule has 0 saturated carbocycles. The van der Waals surface area contributed by atoms with E-state index in [0.29, 0.717) is 10.9 Å². The summed E-state index contributed by atoms with van der Waals surface area (Å²) in [6.07, 6.45) is 3.70. The second-order valence-corrected chi connectivity index (χ2v) is 8.90. The minimum absolute atomic E-state index is 0.0625. The standard InChI is InChI=1S/C20H22N2O3S2/c1-12-6-2-4-8-15(12)25-10-13(23)11-26-20-21-18(24)17-14-7-3-5-9-16(14)27-19(17)22-20/h2,4,6,8,13,23H,3,5,7,9-11H2,1H3,(H,21,22,24)/t13-/m1/s1. The van der Waals surface area contributed by atoms with Gasteiger partial charge in [-0.2, -0.15) is 0 Å². The van der Waals surface area contributed by atoms with Gasteiger partial charge in [-0.05, 0) is 49.8 Å². The molecule has 4 rings (SSSR count). The number of hydrogen-bond donors (Lipinski definition) is 2. The van der Waals surface area contributed by atoms with E-state index in [4.69, 9.17) is 4.74 Å². The molecule has 0 aliphatic heterocycles. The van der Waals surface area contributed by atoms with Crippen LogP contribution in [0, 0.1) is 6.92 Å². The van der Waals surface area contributed by atoms with Crippen LogP contribution in [0.3, 0.4) is 0 Å². The fourth-order valence-corrected chi connectivity index (χ4v) is 5.43. The van der Waals surface area contributed by atoms with Gasteiger partial charge in [0.05, 0.1) is 11.5 Å². The Kier molecular flexibility index (Phi) is 5.52. The lowest BCUT2D eigenvalue weighted by Crippen LogP contribution is -2.21. The lowest BCUT2D eigenvalue weighted by molar-refractivity contribution is 0.126. The highest BCUT2D eigenvalue weighted by Gasteiger charge is 2.20. The number of benzene rings is 1. The second kappa shape index (κ2) is 8.04. The molecule has 5 nitrogen and oxygen atoms in total. The number of rotatable bonds is 6. The first kappa shape index (κ1) is 18.5. The maximum absolute atomic E-state index is 12.5. The van der Waals surface area contributed by atoms with Crippen molar-refractivity contribution < 1.29 is 9.84 Å². The zero-order chi connectivity index (χ0) is 18.8. The van der Waals surface area contributed by atoms with Crippen molar-refractivity contribution >= 4 is 33.3 Å². The van der Waals surface area contributed by atoms with E-state index >= 15 is 0 Å². The fraction of sp³-hybridized carbons (Fsp3) is 0.400. The molecule has 0 saturated heterocycles. The van der Waals surface area contributed by atoms with Crippen LogP contribution in [0.1, 0.15) is 28.8 Å². The van der Waals surface area contributed by atoms with Crippen LogP contribution in [0.15, 0.2) is 34.2 Å². The van der Waals surface area contributed by atoms with Crippen molar-refractivity contribution in [1.82, 2.24) is 9.97 Å². The molecule has 3 aromatic rings. The molecule has 2 N–H and O–H groups in total. The Balaban J connectivity index is 1.41. The summed E-state index contributed by atoms with van der Waals surface area (Å²) in [5.41, 5.74) is 2.17. The largest absolute Gasteiger partial charge is 0.491 e. The van der Waals surface area contributed by atoms with Crippen molar-refractivity contribution in [3.05, 3.63) is 50.6 Å². The number of hydrogen-bond acceptors (Lipinski definition) is 6. The van der Waals surface area contributed by atoms with E-state index in [0.717, 1.165) is 40.8 Å². The summed E-state index contributed by atoms with van der Waals surface area (Å²) in [5.74, 6) is 1.18. The topological polar surface area (TPSA) is 75.2 Å². The molecule has 1 atom stereocenters. The maximum atomic E-state index is 12.5. The van der Waals surface area contributed by atoms with Crippen molar-refractivity contribution in [2.75, 3.05) is 12.4 Å². The highest BCUT2D eigenvalue weighted by molar-refractivity contribution is 7.99. The normalized spacial score (nSPS) is 14.9. The number of aliphatic hydroxyl groups is 1. The maximum Gasteiger partial charge on any atom is 0.260 e. The number of aromatic amines is 1. The van der Waals surface area contributed by atoms with Gasteiger partial charge in [-0.15, -0.1) is 11.3 Å². The Bertz CT molecular complexity index is 1010. The summed E-state index contributed by atoms with van der Waals surface area (Å²) in [6, 6.07) is 7.73. The van der Waals surface area contributed by atoms with E-state index in [1.807, 2.05) is 31.2 Å². The van der Waals surface area contributed by atoms with E-state index in [1.54, 1.807) is 11.3 Å². The van der Waals surface area contributed by atoms with Crippen LogP contribution in [0.25, 0.3) is 10.2 Å². The Morgan fingerprint density at radius 1 is 1.33 bits per heavy atom. The lowest BCUT2D eigenvalue weighted by atomic mass is 9.97. The van der Waals surface area contributed by atoms with Crippen LogP contribution in [0.5, 0.6) is 5.75 Å². The Labute approximate surface area is 165 Å². The molecule has 1 aliphatic rings. The van der Waals surface area contributed by atoms with Gasteiger partial charge in [0.2, 0.25) is 0 Å². The van der Waals surface area contributed by atoms with Crippen molar-refractivity contribution in [2.45, 2.75) is 43.9 Å². The Hall–Kier alpha value is -1.83. The number of fused-ring (bicyclic) bond motifs is 3. The number of thioether (sulfide) groups is 1. The van der Waals surface area contributed by atoms with Gasteiger partial charge in [-0.25, -0.2) is 4.98 Å². The van der Waals surface area contributed by atoms with Crippen LogP contribution in [-0.4, -0.2) is 33.5 Å². The Morgan fingerprint density at radius 2 is 2.15 bits per heavy atom. The number of nitrogens with zero attached hydrogens (tertiary/aromatic N) is 1. The van der Waals surface area contributed by atoms with Crippen LogP contribution in [0.4, 0.5) is 0 Å². The summed E-state index contributed by atoms with van der Waals surface area (Å²) in [7, 11) is 0. The molecule has 7 heteroatoms. The van der Waals surface area contributed by atoms with Gasteiger partial charge < -0.3 is 14.8 Å². The summed E-state index contributed by atoms with van der Waals surface area (Å²) in [5, 5.41) is 11.5. The van der Waals surface area contributed by atoms with Crippen molar-refractivity contribution in [1.29, 1.82) is 0 Å². The summed E-state index contributed by atoms with van der Waals surface area (Å²) < 4.78 is 5.68. The molecule has 2 heterocycles. The third-order valence-corrected chi connectivity index (χ3v) is 6.94. The minimum atomic E-state index is -0.646. The first-order chi connectivity index (χ1) is 13.1. The molecule has 0 spiro atoms. The highest BCUT2D eigenvalue weighted by atomic mass is 32.2. The predicted octanol–water partition coefficient (Wildman–Crippen LogP) is 3.70. The molecule has 0 unspecified atom stereocenters. The number of H-pyrrole nitrogens is 1. The third kappa shape index (κ3) is 4.05. The zero-order valence-corrected chi connectivity index (χ0v) is 16.8. The number of nitrogens with one attached hydrogen (secondary N) is 1. The molecular formula is C20H22N2O3S2. The summed E-state index contributed by atoms with van der Waals surface area (Å²) in [4.78, 5) is 22.2. The van der Waals surface area contributed by atoms with Gasteiger partial charge in [-0.3, -0.25) is 4.79 Å². The van der Waals surface area contributed by atoms with E-state index in [1.165, 1.54) is 28.6 Å². The molecule has 0 bridgehead atoms. The number of aliphatic hydroxyl groups excluding tert-OH is 1. The molecule has 142 valence electrons. The van der Waals surface area contributed by atoms with Crippen molar-refractivity contribution in [3.63, 3.8) is 0 Å². The number of para-hydroxylation sites is 1. The van der Waals surface area contributed by atoms with E-state index in [-0.39, 0.29) is 12.2 Å². The molecule has 0 amide bonds. The van der Waals surface area contributed by atoms with Crippen LogP contribution in [0.2, 0.25) is 0 Å². The van der Waals surface area contributed by atoms with Crippen LogP contribution < -0.4 is 10.3 Å². The van der Waals surface area contributed by atoms with Gasteiger partial charge in [0.1, 0.15) is 17.2 Å². The van der Waals surface area contributed by atoms with Gasteiger partial charge in [0, 0.05) is 10.6 Å². The quantitative estimate of drug-likeness (QED) is 0.486. The monoisotopic (exact) mass is 402 g/mol. The molecular weight excluding hydrogens is 380 g/mol. The van der Waals surface area contributed by atoms with Gasteiger partial charge >= 0.3 is 0 Å². The zero-order valence-electron chi connectivity index (χ0n) is 15.2. The fourth-order valence-electron chi connectivity index (χ4n) is 3.34. The average Bonchev–Trinajstić information content (AvgIpc) is 3.04. The molecule has 27 heavy (non-hydrogen) atoms. The number of ether oxygens (including phenoxy) is 1. The molecule has 2 aromatic heterocycles. The summed E-state index contributed by atoms with van der Waals surface area (Å²) >= 11 is 2.99. The third-order valence-electron chi connectivity index (χ3n) is 4.74. The number of aryl methyl sites for hydroxylation is 3. The first-order valence-electron chi connectivity index (χ1n) is 9.15. The second-order valence-electron chi connectivity index (χ2n) is 6.80. The van der Waals surface area contributed by atoms with Crippen LogP contribution in [-0.2, 0) is 12.8 Å². The van der Waals surface area contributed by atoms with Crippen LogP contribution >= 0.6 is 23.1 Å². The smallest absolute Gasteiger partial charge is 0.260 e. The number of thiophene rings is 1. The van der Waals surface area contributed by atoms with E-state index in [9.17, 15) is 9.90 Å². The molecule has 1 aliphatic carbocycles. The minimum Gasteiger partial charge on any atom is -0.491 e. The van der Waals surface area contributed by atoms with Crippen molar-refractivity contribution in [2.24, 2.45) is 0 Å². The lowest BCUT2D eigenvalue weighted by Gasteiger charge is -2.13. The van der Waals surface area contributed by atoms with Gasteiger partial charge in [-0.1, -0.05) is 30.0 Å². The average molecular weight is 403 g/mol. The summed E-state index contributed by atoms with van der Waals surface area (Å²) in [6.45, 7) is 2.18. The van der Waals surface area contributed by atoms with E-state index < -0.39 is 6.10 Å². The molecule has 0 fully saturated rings.